The van der Waals surface area contributed by atoms with E-state index in [1.54, 1.807) is 7.11 Å². The molecule has 1 aromatic carbocycles. The second kappa shape index (κ2) is 6.79. The van der Waals surface area contributed by atoms with Gasteiger partial charge in [-0.2, -0.15) is 0 Å². The van der Waals surface area contributed by atoms with Gasteiger partial charge >= 0.3 is 0 Å². The molecule has 0 aliphatic rings. The molecule has 2 unspecified atom stereocenters. The van der Waals surface area contributed by atoms with E-state index < -0.39 is 0 Å². The van der Waals surface area contributed by atoms with Crippen LogP contribution in [-0.4, -0.2) is 23.3 Å². The van der Waals surface area contributed by atoms with E-state index in [0.29, 0.717) is 11.6 Å². The molecule has 5 heteroatoms. The molecule has 110 valence electrons. The van der Waals surface area contributed by atoms with Gasteiger partial charge in [-0.05, 0) is 25.5 Å². The van der Waals surface area contributed by atoms with Crippen LogP contribution in [0.3, 0.4) is 0 Å². The summed E-state index contributed by atoms with van der Waals surface area (Å²) >= 11 is 12.6. The van der Waals surface area contributed by atoms with Crippen LogP contribution in [0.5, 0.6) is 0 Å². The highest BCUT2D eigenvalue weighted by molar-refractivity contribution is 6.35. The smallest absolute Gasteiger partial charge is 0.128 e. The zero-order valence-electron chi connectivity index (χ0n) is 12.1. The molecule has 3 nitrogen and oxygen atoms in total. The summed E-state index contributed by atoms with van der Waals surface area (Å²) in [5.74, 6) is 0.852. The van der Waals surface area contributed by atoms with Crippen LogP contribution >= 0.6 is 23.2 Å². The highest BCUT2D eigenvalue weighted by atomic mass is 35.5. The van der Waals surface area contributed by atoms with Gasteiger partial charge in [-0.3, -0.25) is 0 Å². The zero-order valence-corrected chi connectivity index (χ0v) is 13.6. The molecule has 0 N–H and O–H groups in total. The molecule has 0 radical (unpaired) electrons. The molecule has 0 saturated heterocycles. The van der Waals surface area contributed by atoms with E-state index >= 15 is 0 Å². The quantitative estimate of drug-likeness (QED) is 0.703. The lowest BCUT2D eigenvalue weighted by Crippen LogP contribution is -2.17. The normalized spacial score (nSPS) is 14.7. The summed E-state index contributed by atoms with van der Waals surface area (Å²) in [5, 5.41) is 0.488. The maximum absolute atomic E-state index is 6.31. The summed E-state index contributed by atoms with van der Waals surface area (Å²) in [4.78, 5) is 4.64. The standard InChI is InChI=1S/C15H20Cl2N2O/c1-4-6-11(9-20-3)19-13-8-5-7-12(17)14(13)18-15(19)10(2)16/h5,7-8,10-11H,4,6,9H2,1-3H3. The van der Waals surface area contributed by atoms with Crippen LogP contribution in [0.2, 0.25) is 5.02 Å². The molecule has 2 rings (SSSR count). The SMILES string of the molecule is CCCC(COC)n1c(C(C)Cl)nc2c(Cl)cccc21. The number of nitrogens with zero attached hydrogens (tertiary/aromatic N) is 2. The van der Waals surface area contributed by atoms with Gasteiger partial charge in [0.25, 0.3) is 0 Å². The highest BCUT2D eigenvalue weighted by Gasteiger charge is 2.22. The maximum atomic E-state index is 6.31. The third-order valence-electron chi connectivity index (χ3n) is 3.40. The zero-order chi connectivity index (χ0) is 14.7. The minimum atomic E-state index is -0.172. The number of fused-ring (bicyclic) bond motifs is 1. The molecule has 1 heterocycles. The fourth-order valence-corrected chi connectivity index (χ4v) is 2.94. The van der Waals surface area contributed by atoms with Crippen LogP contribution in [0.15, 0.2) is 18.2 Å². The molecule has 20 heavy (non-hydrogen) atoms. The van der Waals surface area contributed by atoms with Crippen molar-refractivity contribution in [2.75, 3.05) is 13.7 Å². The Morgan fingerprint density at radius 3 is 2.75 bits per heavy atom. The van der Waals surface area contributed by atoms with Gasteiger partial charge in [-0.1, -0.05) is 31.0 Å². The fraction of sp³-hybridized carbons (Fsp3) is 0.533. The first-order chi connectivity index (χ1) is 9.60. The summed E-state index contributed by atoms with van der Waals surface area (Å²) in [6, 6.07) is 6.07. The van der Waals surface area contributed by atoms with Gasteiger partial charge in [0.15, 0.2) is 0 Å². The van der Waals surface area contributed by atoms with Crippen LogP contribution in [-0.2, 0) is 4.74 Å². The molecule has 0 bridgehead atoms. The molecule has 0 spiro atoms. The molecular formula is C15H20Cl2N2O. The predicted molar refractivity (Wildman–Crippen MR) is 84.8 cm³/mol. The number of rotatable bonds is 6. The molecule has 0 amide bonds. The number of ether oxygens (including phenoxy) is 1. The Morgan fingerprint density at radius 2 is 2.15 bits per heavy atom. The monoisotopic (exact) mass is 314 g/mol. The summed E-state index contributed by atoms with van der Waals surface area (Å²) in [6.45, 7) is 4.74. The van der Waals surface area contributed by atoms with Gasteiger partial charge in [0.05, 0.1) is 28.6 Å². The largest absolute Gasteiger partial charge is 0.383 e. The first-order valence-electron chi connectivity index (χ1n) is 6.89. The van der Waals surface area contributed by atoms with Crippen molar-refractivity contribution in [2.45, 2.75) is 38.1 Å². The average molecular weight is 315 g/mol. The van der Waals surface area contributed by atoms with Crippen LogP contribution < -0.4 is 0 Å². The van der Waals surface area contributed by atoms with E-state index in [1.165, 1.54) is 0 Å². The van der Waals surface area contributed by atoms with E-state index in [1.807, 2.05) is 25.1 Å². The fourth-order valence-electron chi connectivity index (χ4n) is 2.58. The second-order valence-electron chi connectivity index (χ2n) is 4.96. The van der Waals surface area contributed by atoms with Gasteiger partial charge in [-0.25, -0.2) is 4.98 Å². The Labute approximate surface area is 129 Å². The van der Waals surface area contributed by atoms with Crippen molar-refractivity contribution >= 4 is 34.2 Å². The summed E-state index contributed by atoms with van der Waals surface area (Å²) in [6.07, 6.45) is 2.09. The molecule has 0 saturated carbocycles. The van der Waals surface area contributed by atoms with Crippen molar-refractivity contribution in [1.29, 1.82) is 0 Å². The Bertz CT molecular complexity index is 575. The summed E-state index contributed by atoms with van der Waals surface area (Å²) in [7, 11) is 1.72. The Kier molecular flexibility index (Phi) is 5.30. The Balaban J connectivity index is 2.63. The van der Waals surface area contributed by atoms with E-state index in [4.69, 9.17) is 27.9 Å². The average Bonchev–Trinajstić information content (AvgIpc) is 2.79. The number of benzene rings is 1. The van der Waals surface area contributed by atoms with E-state index in [2.05, 4.69) is 16.5 Å². The van der Waals surface area contributed by atoms with Crippen molar-refractivity contribution in [3.8, 4) is 0 Å². The van der Waals surface area contributed by atoms with Gasteiger partial charge < -0.3 is 9.30 Å². The van der Waals surface area contributed by atoms with E-state index in [9.17, 15) is 0 Å². The first-order valence-corrected chi connectivity index (χ1v) is 7.70. The maximum Gasteiger partial charge on any atom is 0.128 e. The van der Waals surface area contributed by atoms with Crippen molar-refractivity contribution in [1.82, 2.24) is 9.55 Å². The van der Waals surface area contributed by atoms with Gasteiger partial charge in [0.1, 0.15) is 11.3 Å². The Morgan fingerprint density at radius 1 is 1.40 bits per heavy atom. The van der Waals surface area contributed by atoms with Crippen molar-refractivity contribution in [3.63, 3.8) is 0 Å². The van der Waals surface area contributed by atoms with Gasteiger partial charge in [-0.15, -0.1) is 11.6 Å². The molecular weight excluding hydrogens is 295 g/mol. The highest BCUT2D eigenvalue weighted by Crippen LogP contribution is 2.32. The lowest BCUT2D eigenvalue weighted by atomic mass is 10.1. The number of hydrogen-bond donors (Lipinski definition) is 0. The molecule has 1 aromatic heterocycles. The molecule has 2 aromatic rings. The number of methoxy groups -OCH3 is 1. The molecule has 2 atom stereocenters. The van der Waals surface area contributed by atoms with E-state index in [0.717, 1.165) is 29.7 Å². The minimum absolute atomic E-state index is 0.172. The van der Waals surface area contributed by atoms with Crippen LogP contribution in [0.25, 0.3) is 11.0 Å². The number of hydrogen-bond acceptors (Lipinski definition) is 2. The summed E-state index contributed by atoms with van der Waals surface area (Å²) < 4.78 is 7.56. The number of alkyl halides is 1. The minimum Gasteiger partial charge on any atom is -0.383 e. The topological polar surface area (TPSA) is 27.1 Å². The van der Waals surface area contributed by atoms with Gasteiger partial charge in [0.2, 0.25) is 0 Å². The molecule has 0 fully saturated rings. The first kappa shape index (κ1) is 15.6. The van der Waals surface area contributed by atoms with Crippen LogP contribution in [0.1, 0.15) is 43.9 Å². The number of aromatic nitrogens is 2. The Hall–Kier alpha value is -0.770. The third-order valence-corrected chi connectivity index (χ3v) is 3.90. The molecule has 0 aliphatic carbocycles. The van der Waals surface area contributed by atoms with Crippen molar-refractivity contribution < 1.29 is 4.74 Å². The van der Waals surface area contributed by atoms with Crippen LogP contribution in [0, 0.1) is 0 Å². The number of halogens is 2. The lowest BCUT2D eigenvalue weighted by Gasteiger charge is -2.21. The number of para-hydroxylation sites is 1. The van der Waals surface area contributed by atoms with Gasteiger partial charge in [0, 0.05) is 7.11 Å². The predicted octanol–water partition coefficient (Wildman–Crippen LogP) is 4.98. The number of imidazole rings is 1. The third kappa shape index (κ3) is 2.95. The summed E-state index contributed by atoms with van der Waals surface area (Å²) in [5.41, 5.74) is 1.84. The lowest BCUT2D eigenvalue weighted by molar-refractivity contribution is 0.150. The van der Waals surface area contributed by atoms with Crippen LogP contribution in [0.4, 0.5) is 0 Å². The van der Waals surface area contributed by atoms with E-state index in [-0.39, 0.29) is 11.4 Å². The van der Waals surface area contributed by atoms with Crippen molar-refractivity contribution in [3.05, 3.63) is 29.0 Å². The molecule has 0 aliphatic heterocycles. The second-order valence-corrected chi connectivity index (χ2v) is 6.02. The van der Waals surface area contributed by atoms with Crippen molar-refractivity contribution in [2.24, 2.45) is 0 Å².